The van der Waals surface area contributed by atoms with Gasteiger partial charge in [-0.1, -0.05) is 29.4 Å². The van der Waals surface area contributed by atoms with E-state index < -0.39 is 5.54 Å². The molecular weight excluding hydrogens is 320 g/mol. The van der Waals surface area contributed by atoms with Gasteiger partial charge in [0.05, 0.1) is 18.3 Å². The van der Waals surface area contributed by atoms with E-state index >= 15 is 0 Å². The van der Waals surface area contributed by atoms with Crippen LogP contribution in [0.1, 0.15) is 36.1 Å². The first-order valence-electron chi connectivity index (χ1n) is 7.87. The molecule has 0 aliphatic rings. The number of amides is 1. The molecule has 0 aliphatic carbocycles. The highest BCUT2D eigenvalue weighted by Gasteiger charge is 2.30. The molecule has 0 radical (unpaired) electrons. The van der Waals surface area contributed by atoms with Gasteiger partial charge in [0.2, 0.25) is 5.89 Å². The van der Waals surface area contributed by atoms with Crippen LogP contribution in [-0.2, 0) is 12.1 Å². The molecule has 3 rings (SSSR count). The molecule has 130 valence electrons. The zero-order valence-electron chi connectivity index (χ0n) is 14.6. The van der Waals surface area contributed by atoms with Crippen LogP contribution in [0.5, 0.6) is 0 Å². The second-order valence-electron chi connectivity index (χ2n) is 6.61. The van der Waals surface area contributed by atoms with Crippen LogP contribution in [0.25, 0.3) is 10.8 Å². The van der Waals surface area contributed by atoms with Crippen LogP contribution in [0.15, 0.2) is 35.0 Å². The highest BCUT2D eigenvalue weighted by molar-refractivity contribution is 6.04. The van der Waals surface area contributed by atoms with Gasteiger partial charge in [-0.15, -0.1) is 5.10 Å². The van der Waals surface area contributed by atoms with E-state index in [1.54, 1.807) is 6.20 Å². The molecule has 0 aliphatic heterocycles. The van der Waals surface area contributed by atoms with Gasteiger partial charge in [-0.25, -0.2) is 0 Å². The Hall–Kier alpha value is -2.87. The molecule has 3 aromatic rings. The van der Waals surface area contributed by atoms with Gasteiger partial charge in [-0.2, -0.15) is 10.1 Å². The first-order chi connectivity index (χ1) is 11.9. The van der Waals surface area contributed by atoms with Gasteiger partial charge in [0.25, 0.3) is 5.91 Å². The van der Waals surface area contributed by atoms with Crippen molar-refractivity contribution in [3.63, 3.8) is 0 Å². The number of aromatic nitrogens is 4. The fraction of sp³-hybridized carbons (Fsp3) is 0.353. The van der Waals surface area contributed by atoms with Crippen LogP contribution >= 0.6 is 0 Å². The quantitative estimate of drug-likeness (QED) is 0.755. The van der Waals surface area contributed by atoms with Crippen molar-refractivity contribution in [2.24, 2.45) is 0 Å². The molecule has 0 atom stereocenters. The molecule has 0 unspecified atom stereocenters. The molecule has 0 fully saturated rings. The van der Waals surface area contributed by atoms with Crippen molar-refractivity contribution in [2.45, 2.75) is 25.9 Å². The van der Waals surface area contributed by atoms with Crippen LogP contribution < -0.4 is 5.32 Å². The van der Waals surface area contributed by atoms with E-state index in [1.165, 1.54) is 0 Å². The second-order valence-corrected chi connectivity index (χ2v) is 6.61. The van der Waals surface area contributed by atoms with Gasteiger partial charge in [-0.3, -0.25) is 4.79 Å². The van der Waals surface area contributed by atoms with Crippen molar-refractivity contribution in [1.29, 1.82) is 0 Å². The van der Waals surface area contributed by atoms with Crippen molar-refractivity contribution in [3.05, 3.63) is 47.9 Å². The first-order valence-corrected chi connectivity index (χ1v) is 7.87. The van der Waals surface area contributed by atoms with E-state index in [1.807, 2.05) is 57.1 Å². The van der Waals surface area contributed by atoms with Crippen LogP contribution in [0.4, 0.5) is 0 Å². The van der Waals surface area contributed by atoms with Gasteiger partial charge >= 0.3 is 0 Å². The molecule has 8 heteroatoms. The number of carbonyl (C=O) groups excluding carboxylic acids is 1. The maximum Gasteiger partial charge on any atom is 0.273 e. The Kier molecular flexibility index (Phi) is 4.45. The minimum atomic E-state index is -0.816. The Labute approximate surface area is 145 Å². The van der Waals surface area contributed by atoms with Gasteiger partial charge in [-0.05, 0) is 27.9 Å². The molecule has 1 amide bonds. The smallest absolute Gasteiger partial charge is 0.273 e. The van der Waals surface area contributed by atoms with Crippen molar-refractivity contribution in [1.82, 2.24) is 30.6 Å². The third-order valence-electron chi connectivity index (χ3n) is 3.69. The molecule has 25 heavy (non-hydrogen) atoms. The Bertz CT molecular complexity index is 898. The van der Waals surface area contributed by atoms with E-state index in [0.29, 0.717) is 18.3 Å². The standard InChI is InChI=1S/C17H20N6O2/c1-17(2,16-19-13(25-22-16)10-23(3)4)20-15(24)14-12-8-6-5-7-11(12)9-18-21-14/h5-9H,10H2,1-4H3,(H,20,24). The first kappa shape index (κ1) is 17.0. The fourth-order valence-corrected chi connectivity index (χ4v) is 2.44. The van der Waals surface area contributed by atoms with Gasteiger partial charge in [0.1, 0.15) is 0 Å². The van der Waals surface area contributed by atoms with E-state index in [9.17, 15) is 4.79 Å². The number of carbonyl (C=O) groups is 1. The lowest BCUT2D eigenvalue weighted by molar-refractivity contribution is 0.0903. The van der Waals surface area contributed by atoms with Crippen molar-refractivity contribution < 1.29 is 9.32 Å². The van der Waals surface area contributed by atoms with Gasteiger partial charge in [0, 0.05) is 10.8 Å². The van der Waals surface area contributed by atoms with Crippen LogP contribution in [0.3, 0.4) is 0 Å². The zero-order valence-corrected chi connectivity index (χ0v) is 14.6. The number of nitrogens with zero attached hydrogens (tertiary/aromatic N) is 5. The molecule has 1 aromatic carbocycles. The summed E-state index contributed by atoms with van der Waals surface area (Å²) in [6.45, 7) is 4.16. The second kappa shape index (κ2) is 6.56. The summed E-state index contributed by atoms with van der Waals surface area (Å²) in [6, 6.07) is 7.48. The van der Waals surface area contributed by atoms with Crippen LogP contribution in [-0.4, -0.2) is 45.2 Å². The molecule has 8 nitrogen and oxygen atoms in total. The van der Waals surface area contributed by atoms with Crippen LogP contribution in [0, 0.1) is 0 Å². The molecule has 2 aromatic heterocycles. The van der Waals surface area contributed by atoms with Crippen molar-refractivity contribution >= 4 is 16.7 Å². The lowest BCUT2D eigenvalue weighted by Crippen LogP contribution is -2.42. The summed E-state index contributed by atoms with van der Waals surface area (Å²) in [6.07, 6.45) is 1.63. The molecule has 2 heterocycles. The normalized spacial score (nSPS) is 11.9. The summed E-state index contributed by atoms with van der Waals surface area (Å²) in [5, 5.41) is 16.4. The minimum absolute atomic E-state index is 0.267. The average Bonchev–Trinajstić information content (AvgIpc) is 3.02. The van der Waals surface area contributed by atoms with Gasteiger partial charge < -0.3 is 14.7 Å². The van der Waals surface area contributed by atoms with E-state index in [4.69, 9.17) is 4.52 Å². The Morgan fingerprint density at radius 3 is 2.80 bits per heavy atom. The maximum absolute atomic E-state index is 12.7. The SMILES string of the molecule is CN(C)Cc1nc(C(C)(C)NC(=O)c2nncc3ccccc23)no1. The number of hydrogen-bond donors (Lipinski definition) is 1. The molecule has 0 saturated carbocycles. The minimum Gasteiger partial charge on any atom is -0.338 e. The number of fused-ring (bicyclic) bond motifs is 1. The Morgan fingerprint density at radius 1 is 1.28 bits per heavy atom. The number of nitrogens with one attached hydrogen (secondary N) is 1. The summed E-state index contributed by atoms with van der Waals surface area (Å²) in [4.78, 5) is 19.0. The fourth-order valence-electron chi connectivity index (χ4n) is 2.44. The maximum atomic E-state index is 12.7. The summed E-state index contributed by atoms with van der Waals surface area (Å²) in [7, 11) is 3.83. The zero-order chi connectivity index (χ0) is 18.0. The summed E-state index contributed by atoms with van der Waals surface area (Å²) >= 11 is 0. The highest BCUT2D eigenvalue weighted by Crippen LogP contribution is 2.20. The molecule has 0 saturated heterocycles. The predicted octanol–water partition coefficient (Wildman–Crippen LogP) is 1.74. The number of benzene rings is 1. The molecule has 0 spiro atoms. The predicted molar refractivity (Wildman–Crippen MR) is 91.7 cm³/mol. The van der Waals surface area contributed by atoms with E-state index in [0.717, 1.165) is 10.8 Å². The number of hydrogen-bond acceptors (Lipinski definition) is 7. The Balaban J connectivity index is 1.84. The van der Waals surface area contributed by atoms with E-state index in [-0.39, 0.29) is 11.6 Å². The third-order valence-corrected chi connectivity index (χ3v) is 3.69. The lowest BCUT2D eigenvalue weighted by Gasteiger charge is -2.22. The molecular formula is C17H20N6O2. The number of rotatable bonds is 5. The van der Waals surface area contributed by atoms with Crippen molar-refractivity contribution in [2.75, 3.05) is 14.1 Å². The largest absolute Gasteiger partial charge is 0.338 e. The summed E-state index contributed by atoms with van der Waals surface area (Å²) < 4.78 is 5.24. The monoisotopic (exact) mass is 340 g/mol. The third kappa shape index (κ3) is 3.63. The Morgan fingerprint density at radius 2 is 2.04 bits per heavy atom. The topological polar surface area (TPSA) is 97.0 Å². The molecule has 0 bridgehead atoms. The van der Waals surface area contributed by atoms with Gasteiger partial charge in [0.15, 0.2) is 11.5 Å². The van der Waals surface area contributed by atoms with E-state index in [2.05, 4.69) is 25.7 Å². The highest BCUT2D eigenvalue weighted by atomic mass is 16.5. The molecule has 1 N–H and O–H groups in total. The average molecular weight is 340 g/mol. The lowest BCUT2D eigenvalue weighted by atomic mass is 10.0. The van der Waals surface area contributed by atoms with Crippen molar-refractivity contribution in [3.8, 4) is 0 Å². The summed E-state index contributed by atoms with van der Waals surface area (Å²) in [5.41, 5.74) is -0.549. The summed E-state index contributed by atoms with van der Waals surface area (Å²) in [5.74, 6) is 0.562. The van der Waals surface area contributed by atoms with Crippen LogP contribution in [0.2, 0.25) is 0 Å².